The number of quaternary nitrogens is 1. The zero-order valence-electron chi connectivity index (χ0n) is 16.0. The number of halogens is 1. The Hall–Kier alpha value is -3.01. The molecule has 0 aliphatic carbocycles. The molecule has 4 amide bonds. The second-order valence-electron chi connectivity index (χ2n) is 7.11. The van der Waals surface area contributed by atoms with Crippen LogP contribution in [-0.4, -0.2) is 78.2 Å². The molecule has 0 bridgehead atoms. The van der Waals surface area contributed by atoms with E-state index < -0.39 is 29.7 Å². The van der Waals surface area contributed by atoms with Gasteiger partial charge in [0.15, 0.2) is 6.54 Å². The van der Waals surface area contributed by atoms with Gasteiger partial charge in [0.1, 0.15) is 17.9 Å². The van der Waals surface area contributed by atoms with Crippen LogP contribution in [0.25, 0.3) is 0 Å². The van der Waals surface area contributed by atoms with Crippen molar-refractivity contribution < 1.29 is 29.3 Å². The third-order valence-electron chi connectivity index (χ3n) is 5.18. The van der Waals surface area contributed by atoms with Crippen molar-refractivity contribution in [2.45, 2.75) is 24.9 Å². The summed E-state index contributed by atoms with van der Waals surface area (Å²) in [4.78, 5) is 52.7. The molecule has 0 unspecified atom stereocenters. The molecule has 1 aromatic carbocycles. The van der Waals surface area contributed by atoms with E-state index in [2.05, 4.69) is 16.4 Å². The molecule has 2 aliphatic heterocycles. The summed E-state index contributed by atoms with van der Waals surface area (Å²) in [5.41, 5.74) is 3.76. The van der Waals surface area contributed by atoms with Crippen LogP contribution in [0.4, 0.5) is 4.39 Å². The molecule has 29 heavy (non-hydrogen) atoms. The van der Waals surface area contributed by atoms with Gasteiger partial charge in [0.2, 0.25) is 11.8 Å². The van der Waals surface area contributed by atoms with Crippen LogP contribution in [-0.2, 0) is 14.4 Å². The van der Waals surface area contributed by atoms with Crippen molar-refractivity contribution in [3.8, 4) is 0 Å². The number of carbonyl (C=O) groups excluding carboxylic acids is 4. The van der Waals surface area contributed by atoms with E-state index in [1.807, 2.05) is 0 Å². The molecule has 0 spiro atoms. The number of piperazine rings is 1. The molecular formula is C19H25FN5O4+. The Labute approximate surface area is 167 Å². The van der Waals surface area contributed by atoms with Crippen LogP contribution in [0.3, 0.4) is 0 Å². The highest BCUT2D eigenvalue weighted by atomic mass is 19.1. The summed E-state index contributed by atoms with van der Waals surface area (Å²) in [5.74, 6) is -2.01. The SMILES string of the molecule is [NH3+]CC(=O)N1CCN(C(=O)c2cccc(F)c2)C[C@H]1C(=O)N[C@H]1CCCNC1=O. The smallest absolute Gasteiger partial charge is 0.278 e. The molecular weight excluding hydrogens is 381 g/mol. The Morgan fingerprint density at radius 2 is 2.07 bits per heavy atom. The molecule has 3 rings (SSSR count). The lowest BCUT2D eigenvalue weighted by Crippen LogP contribution is -2.67. The quantitative estimate of drug-likeness (QED) is 0.541. The van der Waals surface area contributed by atoms with Crippen LogP contribution in [0.2, 0.25) is 0 Å². The molecule has 9 nitrogen and oxygen atoms in total. The van der Waals surface area contributed by atoms with Crippen molar-refractivity contribution in [2.75, 3.05) is 32.7 Å². The first kappa shape index (κ1) is 20.7. The third-order valence-corrected chi connectivity index (χ3v) is 5.18. The maximum absolute atomic E-state index is 13.5. The third kappa shape index (κ3) is 4.70. The predicted octanol–water partition coefficient (Wildman–Crippen LogP) is -1.88. The second-order valence-corrected chi connectivity index (χ2v) is 7.11. The topological polar surface area (TPSA) is 126 Å². The first-order chi connectivity index (χ1) is 13.9. The zero-order valence-corrected chi connectivity index (χ0v) is 16.0. The molecule has 5 N–H and O–H groups in total. The highest BCUT2D eigenvalue weighted by molar-refractivity contribution is 5.96. The van der Waals surface area contributed by atoms with Gasteiger partial charge in [-0.1, -0.05) is 6.07 Å². The van der Waals surface area contributed by atoms with Gasteiger partial charge < -0.3 is 26.2 Å². The maximum atomic E-state index is 13.5. The first-order valence-electron chi connectivity index (χ1n) is 9.62. The monoisotopic (exact) mass is 406 g/mol. The van der Waals surface area contributed by atoms with Crippen LogP contribution in [0.15, 0.2) is 24.3 Å². The second kappa shape index (κ2) is 8.99. The lowest BCUT2D eigenvalue weighted by molar-refractivity contribution is -0.357. The minimum atomic E-state index is -0.940. The molecule has 1 aromatic rings. The molecule has 0 aromatic heterocycles. The summed E-state index contributed by atoms with van der Waals surface area (Å²) >= 11 is 0. The molecule has 2 aliphatic rings. The van der Waals surface area contributed by atoms with Crippen molar-refractivity contribution in [3.63, 3.8) is 0 Å². The Morgan fingerprint density at radius 1 is 1.28 bits per heavy atom. The average Bonchev–Trinajstić information content (AvgIpc) is 2.73. The molecule has 2 fully saturated rings. The van der Waals surface area contributed by atoms with Crippen LogP contribution in [0, 0.1) is 5.82 Å². The minimum Gasteiger partial charge on any atom is -0.354 e. The number of hydrogen-bond acceptors (Lipinski definition) is 4. The Bertz CT molecular complexity index is 818. The molecule has 2 heterocycles. The number of benzene rings is 1. The van der Waals surface area contributed by atoms with Crippen LogP contribution >= 0.6 is 0 Å². The van der Waals surface area contributed by atoms with Gasteiger partial charge in [-0.05, 0) is 31.0 Å². The largest absolute Gasteiger partial charge is 0.354 e. The number of hydrogen-bond donors (Lipinski definition) is 3. The van der Waals surface area contributed by atoms with E-state index in [0.717, 1.165) is 12.5 Å². The Balaban J connectivity index is 1.76. The summed E-state index contributed by atoms with van der Waals surface area (Å²) in [6.07, 6.45) is 1.26. The van der Waals surface area contributed by atoms with E-state index in [1.165, 1.54) is 28.0 Å². The normalized spacial score (nSPS) is 22.1. The van der Waals surface area contributed by atoms with E-state index in [4.69, 9.17) is 0 Å². The van der Waals surface area contributed by atoms with Gasteiger partial charge in [-0.3, -0.25) is 19.2 Å². The standard InChI is InChI=1S/C19H24FN5O4/c20-13-4-1-3-12(9-13)19(29)24-7-8-25(16(26)10-21)15(11-24)18(28)23-14-5-2-6-22-17(14)27/h1,3-4,9,14-15H,2,5-8,10-11,21H2,(H,22,27)(H,23,28)/p+1/t14-,15-/m0/s1. The number of rotatable bonds is 4. The molecule has 0 saturated carbocycles. The Kier molecular flexibility index (Phi) is 6.42. The van der Waals surface area contributed by atoms with Crippen LogP contribution in [0.5, 0.6) is 0 Å². The average molecular weight is 406 g/mol. The van der Waals surface area contributed by atoms with E-state index in [-0.39, 0.29) is 43.6 Å². The van der Waals surface area contributed by atoms with Gasteiger partial charge in [0, 0.05) is 25.2 Å². The fraction of sp³-hybridized carbons (Fsp3) is 0.474. The molecule has 2 saturated heterocycles. The predicted molar refractivity (Wildman–Crippen MR) is 99.7 cm³/mol. The van der Waals surface area contributed by atoms with E-state index in [9.17, 15) is 23.6 Å². The van der Waals surface area contributed by atoms with Gasteiger partial charge in [0.25, 0.3) is 11.8 Å². The number of nitrogens with one attached hydrogen (secondary N) is 2. The van der Waals surface area contributed by atoms with Crippen molar-refractivity contribution >= 4 is 23.6 Å². The summed E-state index contributed by atoms with van der Waals surface area (Å²) in [7, 11) is 0. The van der Waals surface area contributed by atoms with Crippen LogP contribution in [0.1, 0.15) is 23.2 Å². The number of piperidine rings is 1. The number of amides is 4. The fourth-order valence-corrected chi connectivity index (χ4v) is 3.62. The maximum Gasteiger partial charge on any atom is 0.278 e. The summed E-state index contributed by atoms with van der Waals surface area (Å²) in [6, 6.07) is 3.72. The lowest BCUT2D eigenvalue weighted by Gasteiger charge is -2.40. The van der Waals surface area contributed by atoms with Gasteiger partial charge in [-0.15, -0.1) is 0 Å². The first-order valence-corrected chi connectivity index (χ1v) is 9.62. The van der Waals surface area contributed by atoms with Crippen molar-refractivity contribution in [1.82, 2.24) is 20.4 Å². The highest BCUT2D eigenvalue weighted by Crippen LogP contribution is 2.16. The van der Waals surface area contributed by atoms with Gasteiger partial charge in [-0.2, -0.15) is 0 Å². The number of nitrogens with zero attached hydrogens (tertiary/aromatic N) is 2. The fourth-order valence-electron chi connectivity index (χ4n) is 3.62. The highest BCUT2D eigenvalue weighted by Gasteiger charge is 2.38. The Morgan fingerprint density at radius 3 is 2.76 bits per heavy atom. The van der Waals surface area contributed by atoms with E-state index in [0.29, 0.717) is 13.0 Å². The van der Waals surface area contributed by atoms with Crippen molar-refractivity contribution in [1.29, 1.82) is 0 Å². The van der Waals surface area contributed by atoms with Gasteiger partial charge in [0.05, 0.1) is 6.54 Å². The minimum absolute atomic E-state index is 0.0223. The summed E-state index contributed by atoms with van der Waals surface area (Å²) in [6.45, 7) is 0.878. The summed E-state index contributed by atoms with van der Waals surface area (Å²) < 4.78 is 13.5. The van der Waals surface area contributed by atoms with Crippen molar-refractivity contribution in [2.24, 2.45) is 0 Å². The molecule has 10 heteroatoms. The van der Waals surface area contributed by atoms with E-state index in [1.54, 1.807) is 0 Å². The molecule has 2 atom stereocenters. The molecule has 156 valence electrons. The molecule has 0 radical (unpaired) electrons. The summed E-state index contributed by atoms with van der Waals surface area (Å²) in [5, 5.41) is 5.39. The number of carbonyl (C=O) groups is 4. The lowest BCUT2D eigenvalue weighted by atomic mass is 10.0. The zero-order chi connectivity index (χ0) is 21.0. The van der Waals surface area contributed by atoms with Gasteiger partial charge in [-0.25, -0.2) is 4.39 Å². The van der Waals surface area contributed by atoms with E-state index >= 15 is 0 Å². The van der Waals surface area contributed by atoms with Crippen LogP contribution < -0.4 is 16.4 Å². The van der Waals surface area contributed by atoms with Crippen molar-refractivity contribution in [3.05, 3.63) is 35.6 Å². The van der Waals surface area contributed by atoms with Gasteiger partial charge >= 0.3 is 0 Å².